The topological polar surface area (TPSA) is 41.9 Å². The number of nitrogens with zero attached hydrogens (tertiary/aromatic N) is 2. The Morgan fingerprint density at radius 1 is 1.47 bits per heavy atom. The van der Waals surface area contributed by atoms with Crippen molar-refractivity contribution in [3.05, 3.63) is 42.2 Å². The molecule has 1 aliphatic rings. The molecular weight excluding hydrogens is 212 g/mol. The third kappa shape index (κ3) is 2.11. The quantitative estimate of drug-likeness (QED) is 0.842. The summed E-state index contributed by atoms with van der Waals surface area (Å²) in [5, 5.41) is 11.1. The van der Waals surface area contributed by atoms with E-state index >= 15 is 0 Å². The number of hydrogen-bond donors (Lipinski definition) is 2. The summed E-state index contributed by atoms with van der Waals surface area (Å²) in [6.07, 6.45) is 4.92. The summed E-state index contributed by atoms with van der Waals surface area (Å²) in [5.41, 5.74) is 3.75. The molecule has 0 aliphatic carbocycles. The van der Waals surface area contributed by atoms with Gasteiger partial charge < -0.3 is 10.6 Å². The van der Waals surface area contributed by atoms with Crippen LogP contribution in [0.2, 0.25) is 0 Å². The standard InChI is InChI=1S/C13H16N4/c1-17-9-12(8-15-17)14-7-11-6-10-4-2-3-5-13(10)16-11/h2-5,8-9,11,14,16H,6-7H2,1H3. The van der Waals surface area contributed by atoms with Gasteiger partial charge in [-0.05, 0) is 18.1 Å². The molecule has 2 heterocycles. The van der Waals surface area contributed by atoms with Crippen LogP contribution in [0.15, 0.2) is 36.7 Å². The summed E-state index contributed by atoms with van der Waals surface area (Å²) in [7, 11) is 1.93. The second-order valence-electron chi connectivity index (χ2n) is 4.49. The first-order valence-electron chi connectivity index (χ1n) is 5.88. The molecule has 1 aromatic heterocycles. The maximum Gasteiger partial charge on any atom is 0.0727 e. The zero-order valence-corrected chi connectivity index (χ0v) is 9.85. The first-order valence-corrected chi connectivity index (χ1v) is 5.88. The molecule has 4 heteroatoms. The summed E-state index contributed by atoms with van der Waals surface area (Å²) in [6, 6.07) is 8.96. The second kappa shape index (κ2) is 4.13. The molecule has 0 bridgehead atoms. The molecule has 1 aromatic carbocycles. The van der Waals surface area contributed by atoms with Crippen LogP contribution >= 0.6 is 0 Å². The van der Waals surface area contributed by atoms with Crippen LogP contribution in [-0.4, -0.2) is 22.4 Å². The first kappa shape index (κ1) is 10.2. The van der Waals surface area contributed by atoms with Gasteiger partial charge in [0.15, 0.2) is 0 Å². The summed E-state index contributed by atoms with van der Waals surface area (Å²) in [6.45, 7) is 0.917. The molecule has 1 aliphatic heterocycles. The van der Waals surface area contributed by atoms with Gasteiger partial charge in [-0.3, -0.25) is 4.68 Å². The number of para-hydroxylation sites is 1. The van der Waals surface area contributed by atoms with E-state index in [1.54, 1.807) is 4.68 Å². The Morgan fingerprint density at radius 3 is 3.12 bits per heavy atom. The number of aryl methyl sites for hydroxylation is 1. The summed E-state index contributed by atoms with van der Waals surface area (Å²) >= 11 is 0. The molecule has 4 nitrogen and oxygen atoms in total. The molecule has 0 saturated carbocycles. The van der Waals surface area contributed by atoms with Crippen LogP contribution in [-0.2, 0) is 13.5 Å². The molecule has 1 unspecified atom stereocenters. The van der Waals surface area contributed by atoms with Crippen LogP contribution in [0.25, 0.3) is 0 Å². The Hall–Kier alpha value is -1.97. The van der Waals surface area contributed by atoms with E-state index in [4.69, 9.17) is 0 Å². The van der Waals surface area contributed by atoms with Gasteiger partial charge in [-0.1, -0.05) is 18.2 Å². The van der Waals surface area contributed by atoms with Crippen LogP contribution < -0.4 is 10.6 Å². The van der Waals surface area contributed by atoms with E-state index in [1.165, 1.54) is 11.3 Å². The Labute approximate surface area is 101 Å². The minimum Gasteiger partial charge on any atom is -0.380 e. The van der Waals surface area contributed by atoms with Gasteiger partial charge in [-0.25, -0.2) is 0 Å². The molecule has 17 heavy (non-hydrogen) atoms. The van der Waals surface area contributed by atoms with Crippen molar-refractivity contribution >= 4 is 11.4 Å². The van der Waals surface area contributed by atoms with E-state index in [0.717, 1.165) is 18.7 Å². The van der Waals surface area contributed by atoms with E-state index in [2.05, 4.69) is 40.0 Å². The van der Waals surface area contributed by atoms with Crippen LogP contribution in [0.5, 0.6) is 0 Å². The number of benzene rings is 1. The summed E-state index contributed by atoms with van der Waals surface area (Å²) in [4.78, 5) is 0. The van der Waals surface area contributed by atoms with Gasteiger partial charge in [-0.2, -0.15) is 5.10 Å². The largest absolute Gasteiger partial charge is 0.380 e. The molecular formula is C13H16N4. The highest BCUT2D eigenvalue weighted by Gasteiger charge is 2.19. The molecule has 2 aromatic rings. The van der Waals surface area contributed by atoms with Gasteiger partial charge in [0.1, 0.15) is 0 Å². The highest BCUT2D eigenvalue weighted by atomic mass is 15.3. The molecule has 0 fully saturated rings. The fourth-order valence-corrected chi connectivity index (χ4v) is 2.25. The monoisotopic (exact) mass is 228 g/mol. The van der Waals surface area contributed by atoms with Crippen molar-refractivity contribution in [1.29, 1.82) is 0 Å². The second-order valence-corrected chi connectivity index (χ2v) is 4.49. The Balaban J connectivity index is 1.59. The normalized spacial score (nSPS) is 17.6. The lowest BCUT2D eigenvalue weighted by atomic mass is 10.1. The van der Waals surface area contributed by atoms with Crippen molar-refractivity contribution in [2.75, 3.05) is 17.2 Å². The number of nitrogens with one attached hydrogen (secondary N) is 2. The number of fused-ring (bicyclic) bond motifs is 1. The Kier molecular flexibility index (Phi) is 2.48. The minimum absolute atomic E-state index is 0.465. The third-order valence-corrected chi connectivity index (χ3v) is 3.10. The number of rotatable bonds is 3. The average Bonchev–Trinajstić information content (AvgIpc) is 2.91. The predicted molar refractivity (Wildman–Crippen MR) is 69.3 cm³/mol. The SMILES string of the molecule is Cn1cc(NCC2Cc3ccccc3N2)cn1. The zero-order chi connectivity index (χ0) is 11.7. The maximum atomic E-state index is 4.14. The number of hydrogen-bond acceptors (Lipinski definition) is 3. The minimum atomic E-state index is 0.465. The number of anilines is 2. The van der Waals surface area contributed by atoms with Gasteiger partial charge in [0.05, 0.1) is 11.9 Å². The van der Waals surface area contributed by atoms with Crippen LogP contribution in [0.4, 0.5) is 11.4 Å². The molecule has 2 N–H and O–H groups in total. The van der Waals surface area contributed by atoms with Crippen LogP contribution in [0.1, 0.15) is 5.56 Å². The van der Waals surface area contributed by atoms with Crippen molar-refractivity contribution in [3.8, 4) is 0 Å². The zero-order valence-electron chi connectivity index (χ0n) is 9.85. The molecule has 0 radical (unpaired) electrons. The van der Waals surface area contributed by atoms with Crippen LogP contribution in [0, 0.1) is 0 Å². The number of aromatic nitrogens is 2. The summed E-state index contributed by atoms with van der Waals surface area (Å²) in [5.74, 6) is 0. The van der Waals surface area contributed by atoms with Crippen molar-refractivity contribution in [1.82, 2.24) is 9.78 Å². The van der Waals surface area contributed by atoms with E-state index in [0.29, 0.717) is 6.04 Å². The lowest BCUT2D eigenvalue weighted by Crippen LogP contribution is -2.25. The third-order valence-electron chi connectivity index (χ3n) is 3.10. The van der Waals surface area contributed by atoms with Gasteiger partial charge in [0.2, 0.25) is 0 Å². The van der Waals surface area contributed by atoms with Gasteiger partial charge >= 0.3 is 0 Å². The lowest BCUT2D eigenvalue weighted by Gasteiger charge is -2.11. The van der Waals surface area contributed by atoms with Crippen molar-refractivity contribution < 1.29 is 0 Å². The van der Waals surface area contributed by atoms with Crippen molar-refractivity contribution in [2.24, 2.45) is 7.05 Å². The fourth-order valence-electron chi connectivity index (χ4n) is 2.25. The first-order chi connectivity index (χ1) is 8.31. The highest BCUT2D eigenvalue weighted by Crippen LogP contribution is 2.25. The smallest absolute Gasteiger partial charge is 0.0727 e. The average molecular weight is 228 g/mol. The molecule has 0 saturated heterocycles. The molecule has 3 rings (SSSR count). The fraction of sp³-hybridized carbons (Fsp3) is 0.308. The van der Waals surface area contributed by atoms with Crippen molar-refractivity contribution in [3.63, 3.8) is 0 Å². The highest BCUT2D eigenvalue weighted by molar-refractivity contribution is 5.57. The molecule has 1 atom stereocenters. The Bertz CT molecular complexity index is 493. The van der Waals surface area contributed by atoms with Crippen molar-refractivity contribution in [2.45, 2.75) is 12.5 Å². The van der Waals surface area contributed by atoms with E-state index in [1.807, 2.05) is 19.4 Å². The predicted octanol–water partition coefficient (Wildman–Crippen LogP) is 1.87. The summed E-state index contributed by atoms with van der Waals surface area (Å²) < 4.78 is 1.80. The van der Waals surface area contributed by atoms with E-state index < -0.39 is 0 Å². The van der Waals surface area contributed by atoms with Gasteiger partial charge in [0.25, 0.3) is 0 Å². The molecule has 0 amide bonds. The van der Waals surface area contributed by atoms with Crippen LogP contribution in [0.3, 0.4) is 0 Å². The van der Waals surface area contributed by atoms with Gasteiger partial charge in [0, 0.05) is 31.5 Å². The maximum absolute atomic E-state index is 4.14. The van der Waals surface area contributed by atoms with Gasteiger partial charge in [-0.15, -0.1) is 0 Å². The van der Waals surface area contributed by atoms with E-state index in [9.17, 15) is 0 Å². The molecule has 0 spiro atoms. The lowest BCUT2D eigenvalue weighted by molar-refractivity contribution is 0.767. The Morgan fingerprint density at radius 2 is 2.35 bits per heavy atom. The van der Waals surface area contributed by atoms with E-state index in [-0.39, 0.29) is 0 Å². The molecule has 88 valence electrons.